The number of carbonyl (C=O) groups is 3. The fourth-order valence-corrected chi connectivity index (χ4v) is 2.60. The van der Waals surface area contributed by atoms with Crippen LogP contribution in [0.15, 0.2) is 24.3 Å². The van der Waals surface area contributed by atoms with Crippen molar-refractivity contribution in [1.82, 2.24) is 15.5 Å². The van der Waals surface area contributed by atoms with E-state index in [0.29, 0.717) is 6.42 Å². The van der Waals surface area contributed by atoms with Gasteiger partial charge in [-0.3, -0.25) is 14.5 Å². The molecule has 0 aromatic heterocycles. The number of carbonyl (C=O) groups excluding carboxylic acids is 3. The number of ether oxygens (including phenoxy) is 1. The fraction of sp³-hybridized carbons (Fsp3) is 0.471. The second-order valence-corrected chi connectivity index (χ2v) is 6.25. The monoisotopic (exact) mass is 333 g/mol. The van der Waals surface area contributed by atoms with E-state index in [1.807, 2.05) is 31.2 Å². The first-order valence-corrected chi connectivity index (χ1v) is 7.86. The third-order valence-corrected chi connectivity index (χ3v) is 4.01. The van der Waals surface area contributed by atoms with Crippen LogP contribution >= 0.6 is 0 Å². The largest absolute Gasteiger partial charge is 0.497 e. The van der Waals surface area contributed by atoms with Gasteiger partial charge in [-0.15, -0.1) is 0 Å². The summed E-state index contributed by atoms with van der Waals surface area (Å²) in [4.78, 5) is 37.1. The highest BCUT2D eigenvalue weighted by molar-refractivity contribution is 6.08. The van der Waals surface area contributed by atoms with Gasteiger partial charge in [0.15, 0.2) is 0 Å². The first-order chi connectivity index (χ1) is 11.3. The third-order valence-electron chi connectivity index (χ3n) is 4.01. The van der Waals surface area contributed by atoms with E-state index in [1.54, 1.807) is 21.0 Å². The maximum atomic E-state index is 12.3. The molecule has 24 heavy (non-hydrogen) atoms. The predicted octanol–water partition coefficient (Wildman–Crippen LogP) is 1.59. The molecule has 0 spiro atoms. The Morgan fingerprint density at radius 3 is 2.38 bits per heavy atom. The van der Waals surface area contributed by atoms with Crippen LogP contribution < -0.4 is 15.4 Å². The van der Waals surface area contributed by atoms with Crippen molar-refractivity contribution in [1.29, 1.82) is 0 Å². The Hall–Kier alpha value is -2.57. The van der Waals surface area contributed by atoms with Gasteiger partial charge in [-0.2, -0.15) is 0 Å². The molecule has 1 aromatic rings. The van der Waals surface area contributed by atoms with Crippen LogP contribution in [-0.4, -0.2) is 41.9 Å². The Labute approximate surface area is 141 Å². The smallest absolute Gasteiger partial charge is 0.325 e. The minimum Gasteiger partial charge on any atom is -0.497 e. The van der Waals surface area contributed by atoms with E-state index in [4.69, 9.17) is 4.74 Å². The molecule has 1 unspecified atom stereocenters. The van der Waals surface area contributed by atoms with Crippen LogP contribution in [0.5, 0.6) is 5.75 Å². The molecule has 4 amide bonds. The van der Waals surface area contributed by atoms with Crippen LogP contribution in [0, 0.1) is 0 Å². The van der Waals surface area contributed by atoms with E-state index >= 15 is 0 Å². The normalized spacial score (nSPS) is 17.4. The number of urea groups is 1. The molecule has 0 saturated carbocycles. The summed E-state index contributed by atoms with van der Waals surface area (Å²) in [5, 5.41) is 5.42. The van der Waals surface area contributed by atoms with E-state index < -0.39 is 17.5 Å². The van der Waals surface area contributed by atoms with E-state index in [-0.39, 0.29) is 18.5 Å². The Kier molecular flexibility index (Phi) is 5.11. The number of nitrogens with zero attached hydrogens (tertiary/aromatic N) is 1. The van der Waals surface area contributed by atoms with Crippen molar-refractivity contribution < 1.29 is 19.1 Å². The first-order valence-electron chi connectivity index (χ1n) is 7.86. The molecule has 1 aliphatic heterocycles. The number of imide groups is 1. The summed E-state index contributed by atoms with van der Waals surface area (Å²) in [7, 11) is 1.59. The summed E-state index contributed by atoms with van der Waals surface area (Å²) in [6.07, 6.45) is 0.684. The zero-order valence-electron chi connectivity index (χ0n) is 14.4. The Bertz CT molecular complexity index is 640. The SMILES string of the molecule is CCC(NC(=O)CN1C(=O)NC(C)(C)C1=O)c1ccc(OC)cc1. The molecule has 130 valence electrons. The van der Waals surface area contributed by atoms with Gasteiger partial charge in [0.25, 0.3) is 5.91 Å². The Morgan fingerprint density at radius 2 is 1.92 bits per heavy atom. The van der Waals surface area contributed by atoms with E-state index in [9.17, 15) is 14.4 Å². The molecular formula is C17H23N3O4. The molecule has 1 heterocycles. The zero-order valence-corrected chi connectivity index (χ0v) is 14.4. The number of nitrogens with one attached hydrogen (secondary N) is 2. The van der Waals surface area contributed by atoms with Crippen molar-refractivity contribution in [2.45, 2.75) is 38.8 Å². The molecule has 7 heteroatoms. The Morgan fingerprint density at radius 1 is 1.29 bits per heavy atom. The van der Waals surface area contributed by atoms with Gasteiger partial charge in [-0.1, -0.05) is 19.1 Å². The maximum absolute atomic E-state index is 12.3. The summed E-state index contributed by atoms with van der Waals surface area (Å²) < 4.78 is 5.12. The summed E-state index contributed by atoms with van der Waals surface area (Å²) in [5.74, 6) is -0.0412. The van der Waals surface area contributed by atoms with E-state index in [1.165, 1.54) is 0 Å². The number of amides is 4. The van der Waals surface area contributed by atoms with Gasteiger partial charge in [0.2, 0.25) is 5.91 Å². The standard InChI is InChI=1S/C17H23N3O4/c1-5-13(11-6-8-12(24-4)9-7-11)18-14(21)10-20-15(22)17(2,3)19-16(20)23/h6-9,13H,5,10H2,1-4H3,(H,18,21)(H,19,23). The molecule has 0 aliphatic carbocycles. The maximum Gasteiger partial charge on any atom is 0.325 e. The summed E-state index contributed by atoms with van der Waals surface area (Å²) >= 11 is 0. The number of hydrogen-bond donors (Lipinski definition) is 2. The lowest BCUT2D eigenvalue weighted by Crippen LogP contribution is -2.43. The van der Waals surface area contributed by atoms with Crippen LogP contribution in [0.25, 0.3) is 0 Å². The van der Waals surface area contributed by atoms with Gasteiger partial charge in [0.1, 0.15) is 17.8 Å². The predicted molar refractivity (Wildman–Crippen MR) is 88.5 cm³/mol. The van der Waals surface area contributed by atoms with Crippen molar-refractivity contribution >= 4 is 17.8 Å². The molecular weight excluding hydrogens is 310 g/mol. The number of benzene rings is 1. The Balaban J connectivity index is 2.02. The summed E-state index contributed by atoms with van der Waals surface area (Å²) in [5.41, 5.74) is -0.0403. The minimum absolute atomic E-state index is 0.197. The number of methoxy groups -OCH3 is 1. The van der Waals surface area contributed by atoms with Gasteiger partial charge in [0.05, 0.1) is 13.2 Å². The second-order valence-electron chi connectivity index (χ2n) is 6.25. The molecule has 0 bridgehead atoms. The first kappa shape index (κ1) is 17.8. The minimum atomic E-state index is -0.975. The summed E-state index contributed by atoms with van der Waals surface area (Å²) in [6.45, 7) is 4.88. The van der Waals surface area contributed by atoms with Crippen molar-refractivity contribution in [3.8, 4) is 5.75 Å². The van der Waals surface area contributed by atoms with Crippen LogP contribution in [0.2, 0.25) is 0 Å². The summed E-state index contributed by atoms with van der Waals surface area (Å²) in [6, 6.07) is 6.66. The molecule has 2 N–H and O–H groups in total. The van der Waals surface area contributed by atoms with Crippen molar-refractivity contribution in [3.05, 3.63) is 29.8 Å². The lowest BCUT2D eigenvalue weighted by Gasteiger charge is -2.20. The molecule has 2 rings (SSSR count). The van der Waals surface area contributed by atoms with Crippen molar-refractivity contribution in [2.75, 3.05) is 13.7 Å². The highest BCUT2D eigenvalue weighted by Gasteiger charge is 2.44. The van der Waals surface area contributed by atoms with Crippen molar-refractivity contribution in [3.63, 3.8) is 0 Å². The number of hydrogen-bond acceptors (Lipinski definition) is 4. The average Bonchev–Trinajstić information content (AvgIpc) is 2.74. The van der Waals surface area contributed by atoms with Crippen LogP contribution in [0.3, 0.4) is 0 Å². The lowest BCUT2D eigenvalue weighted by molar-refractivity contribution is -0.134. The molecule has 1 atom stereocenters. The van der Waals surface area contributed by atoms with E-state index in [2.05, 4.69) is 10.6 Å². The molecule has 1 aliphatic rings. The zero-order chi connectivity index (χ0) is 17.9. The fourth-order valence-electron chi connectivity index (χ4n) is 2.60. The van der Waals surface area contributed by atoms with Gasteiger partial charge in [-0.05, 0) is 38.0 Å². The lowest BCUT2D eigenvalue weighted by atomic mass is 10.0. The van der Waals surface area contributed by atoms with Crippen LogP contribution in [-0.2, 0) is 9.59 Å². The molecule has 1 fully saturated rings. The highest BCUT2D eigenvalue weighted by Crippen LogP contribution is 2.21. The highest BCUT2D eigenvalue weighted by atomic mass is 16.5. The quantitative estimate of drug-likeness (QED) is 0.774. The molecule has 1 saturated heterocycles. The van der Waals surface area contributed by atoms with Gasteiger partial charge in [-0.25, -0.2) is 4.79 Å². The van der Waals surface area contributed by atoms with Crippen LogP contribution in [0.1, 0.15) is 38.8 Å². The molecule has 1 aromatic carbocycles. The van der Waals surface area contributed by atoms with Gasteiger partial charge < -0.3 is 15.4 Å². The molecule has 7 nitrogen and oxygen atoms in total. The third kappa shape index (κ3) is 3.67. The second kappa shape index (κ2) is 6.90. The van der Waals surface area contributed by atoms with Gasteiger partial charge in [0, 0.05) is 0 Å². The number of rotatable bonds is 6. The van der Waals surface area contributed by atoms with Crippen molar-refractivity contribution in [2.24, 2.45) is 0 Å². The van der Waals surface area contributed by atoms with Crippen LogP contribution in [0.4, 0.5) is 4.79 Å². The molecule has 0 radical (unpaired) electrons. The van der Waals surface area contributed by atoms with E-state index in [0.717, 1.165) is 16.2 Å². The average molecular weight is 333 g/mol. The topological polar surface area (TPSA) is 87.7 Å². The van der Waals surface area contributed by atoms with Gasteiger partial charge >= 0.3 is 6.03 Å².